The number of hydrogen-bond acceptors (Lipinski definition) is 10. The second kappa shape index (κ2) is 12.1. The minimum atomic E-state index is -1.15. The first kappa shape index (κ1) is 29.5. The van der Waals surface area contributed by atoms with Crippen LogP contribution in [0.2, 0.25) is 0 Å². The molecule has 1 aromatic heterocycles. The zero-order chi connectivity index (χ0) is 29.4. The van der Waals surface area contributed by atoms with E-state index < -0.39 is 17.9 Å². The van der Waals surface area contributed by atoms with Gasteiger partial charge in [0.1, 0.15) is 18.6 Å². The number of carbonyl (C=O) groups excluding carboxylic acids is 3. The zero-order valence-electron chi connectivity index (χ0n) is 23.5. The molecule has 41 heavy (non-hydrogen) atoms. The maximum atomic E-state index is 13.2. The Hall–Kier alpha value is -3.04. The van der Waals surface area contributed by atoms with Crippen LogP contribution in [0.3, 0.4) is 0 Å². The average molecular weight is 590 g/mol. The van der Waals surface area contributed by atoms with Gasteiger partial charge in [0.2, 0.25) is 17.7 Å². The average Bonchev–Trinajstić information content (AvgIpc) is 3.34. The fourth-order valence-electron chi connectivity index (χ4n) is 6.43. The Balaban J connectivity index is 1.17. The first-order valence-electron chi connectivity index (χ1n) is 14.3. The van der Waals surface area contributed by atoms with E-state index in [1.54, 1.807) is 6.92 Å². The molecule has 0 unspecified atom stereocenters. The van der Waals surface area contributed by atoms with Gasteiger partial charge in [-0.05, 0) is 48.4 Å². The molecule has 3 aliphatic heterocycles. The molecule has 3 fully saturated rings. The molecule has 1 saturated carbocycles. The summed E-state index contributed by atoms with van der Waals surface area (Å²) in [6.45, 7) is 6.79. The van der Waals surface area contributed by atoms with Crippen molar-refractivity contribution in [1.82, 2.24) is 41.1 Å². The number of hydrogen-bond donors (Lipinski definition) is 5. The van der Waals surface area contributed by atoms with Gasteiger partial charge in [-0.1, -0.05) is 20.3 Å². The highest BCUT2D eigenvalue weighted by Crippen LogP contribution is 2.51. The minimum absolute atomic E-state index is 0.00807. The van der Waals surface area contributed by atoms with Crippen molar-refractivity contribution >= 4 is 35.5 Å². The third kappa shape index (κ3) is 5.97. The summed E-state index contributed by atoms with van der Waals surface area (Å²) in [5.41, 5.74) is 6.38. The Kier molecular flexibility index (Phi) is 8.66. The van der Waals surface area contributed by atoms with Gasteiger partial charge in [-0.2, -0.15) is 0 Å². The molecule has 3 amide bonds. The van der Waals surface area contributed by atoms with Crippen molar-refractivity contribution in [1.29, 1.82) is 0 Å². The number of nitrogens with two attached hydrogens (primary N) is 1. The van der Waals surface area contributed by atoms with Crippen LogP contribution in [0.15, 0.2) is 16.9 Å². The van der Waals surface area contributed by atoms with Crippen molar-refractivity contribution in [3.8, 4) is 0 Å². The molecule has 1 aromatic rings. The maximum absolute atomic E-state index is 13.2. The summed E-state index contributed by atoms with van der Waals surface area (Å²) < 4.78 is 1.28. The number of β-lactam (4-membered cyclic amide) rings is 1. The van der Waals surface area contributed by atoms with E-state index >= 15 is 0 Å². The number of nitrogens with one attached hydrogen (secondary N) is 3. The van der Waals surface area contributed by atoms with Gasteiger partial charge in [0.15, 0.2) is 0 Å². The molecule has 4 heterocycles. The number of aliphatic carboxylic acids is 1. The monoisotopic (exact) mass is 589 g/mol. The van der Waals surface area contributed by atoms with Gasteiger partial charge >= 0.3 is 5.97 Å². The van der Waals surface area contributed by atoms with Crippen molar-refractivity contribution in [2.75, 3.05) is 13.1 Å². The lowest BCUT2D eigenvalue weighted by atomic mass is 9.78. The summed E-state index contributed by atoms with van der Waals surface area (Å²) in [5, 5.41) is 29.9. The standard InChI is InChI=1S/C26H39N9O5S/c1-4-14(20(27)15-5-6-15)8-29-24(37)17-7-16(9-28-17)41-23-12(2)21-19(25(38)35(21)22(23)26(39)40)13(3)31-18(36)10-34-11-30-32-33-34/h11-17,19-21,28H,4-10,27H2,1-3H3,(H,29,37)(H,31,36)(H,39,40)/t12-,13-,14+,16+,17+,19-,20-,21-/m1/s1. The molecule has 0 bridgehead atoms. The molecule has 6 N–H and O–H groups in total. The second-order valence-corrected chi connectivity index (χ2v) is 13.0. The molecule has 2 saturated heterocycles. The van der Waals surface area contributed by atoms with Gasteiger partial charge in [0.25, 0.3) is 0 Å². The smallest absolute Gasteiger partial charge is 0.353 e. The van der Waals surface area contributed by atoms with Gasteiger partial charge in [-0.25, -0.2) is 9.48 Å². The first-order valence-corrected chi connectivity index (χ1v) is 15.2. The Morgan fingerprint density at radius 3 is 2.71 bits per heavy atom. The predicted molar refractivity (Wildman–Crippen MR) is 149 cm³/mol. The summed E-state index contributed by atoms with van der Waals surface area (Å²) in [6, 6.07) is -1.12. The second-order valence-electron chi connectivity index (χ2n) is 11.7. The Morgan fingerprint density at radius 1 is 1.32 bits per heavy atom. The zero-order valence-corrected chi connectivity index (χ0v) is 24.3. The highest BCUT2D eigenvalue weighted by Gasteiger charge is 2.60. The molecule has 14 nitrogen and oxygen atoms in total. The third-order valence-corrected chi connectivity index (χ3v) is 10.4. The lowest BCUT2D eigenvalue weighted by Gasteiger charge is -2.47. The van der Waals surface area contributed by atoms with Gasteiger partial charge in [-0.3, -0.25) is 14.4 Å². The lowest BCUT2D eigenvalue weighted by molar-refractivity contribution is -0.158. The van der Waals surface area contributed by atoms with E-state index in [0.717, 1.165) is 6.42 Å². The van der Waals surface area contributed by atoms with Crippen molar-refractivity contribution in [3.63, 3.8) is 0 Å². The molecule has 15 heteroatoms. The van der Waals surface area contributed by atoms with E-state index in [0.29, 0.717) is 30.3 Å². The number of thioether (sulfide) groups is 1. The Bertz CT molecular complexity index is 1210. The molecule has 0 aromatic carbocycles. The molecule has 4 aliphatic rings. The molecular weight excluding hydrogens is 550 g/mol. The van der Waals surface area contributed by atoms with E-state index in [-0.39, 0.29) is 65.2 Å². The molecule has 0 spiro atoms. The number of rotatable bonds is 13. The Labute approximate surface area is 242 Å². The predicted octanol–water partition coefficient (Wildman–Crippen LogP) is -0.706. The summed E-state index contributed by atoms with van der Waals surface area (Å²) in [4.78, 5) is 52.9. The number of tetrazole rings is 1. The fraction of sp³-hybridized carbons (Fsp3) is 0.731. The summed E-state index contributed by atoms with van der Waals surface area (Å²) in [7, 11) is 0. The van der Waals surface area contributed by atoms with Gasteiger partial charge in [0.05, 0.1) is 18.0 Å². The minimum Gasteiger partial charge on any atom is -0.477 e. The molecule has 5 rings (SSSR count). The van der Waals surface area contributed by atoms with Crippen molar-refractivity contribution in [2.45, 2.75) is 82.4 Å². The highest BCUT2D eigenvalue weighted by molar-refractivity contribution is 8.03. The van der Waals surface area contributed by atoms with E-state index in [4.69, 9.17) is 5.73 Å². The quantitative estimate of drug-likeness (QED) is 0.182. The third-order valence-electron chi connectivity index (χ3n) is 8.89. The van der Waals surface area contributed by atoms with Crippen molar-refractivity contribution < 1.29 is 24.3 Å². The maximum Gasteiger partial charge on any atom is 0.353 e. The fourth-order valence-corrected chi connectivity index (χ4v) is 7.91. The number of fused-ring (bicyclic) bond motifs is 1. The number of carboxylic acid groups (broad SMARTS) is 1. The van der Waals surface area contributed by atoms with E-state index in [1.165, 1.54) is 40.5 Å². The van der Waals surface area contributed by atoms with Gasteiger partial charge < -0.3 is 31.7 Å². The van der Waals surface area contributed by atoms with E-state index in [2.05, 4.69) is 38.4 Å². The number of nitrogens with zero attached hydrogens (tertiary/aromatic N) is 5. The lowest BCUT2D eigenvalue weighted by Crippen LogP contribution is -2.66. The first-order chi connectivity index (χ1) is 19.6. The number of aromatic nitrogens is 4. The molecule has 1 aliphatic carbocycles. The van der Waals surface area contributed by atoms with Crippen LogP contribution in [0.1, 0.15) is 46.5 Å². The van der Waals surface area contributed by atoms with E-state index in [9.17, 15) is 24.3 Å². The van der Waals surface area contributed by atoms with Crippen LogP contribution in [0.5, 0.6) is 0 Å². The largest absolute Gasteiger partial charge is 0.477 e. The van der Waals surface area contributed by atoms with Crippen LogP contribution >= 0.6 is 11.8 Å². The van der Waals surface area contributed by atoms with Crippen LogP contribution in [0, 0.1) is 23.7 Å². The van der Waals surface area contributed by atoms with Crippen LogP contribution in [-0.4, -0.2) is 96.4 Å². The molecule has 224 valence electrons. The summed E-state index contributed by atoms with van der Waals surface area (Å²) in [6.07, 6.45) is 5.13. The van der Waals surface area contributed by atoms with Crippen LogP contribution in [0.25, 0.3) is 0 Å². The number of carboxylic acids is 1. The highest BCUT2D eigenvalue weighted by atomic mass is 32.2. The normalized spacial score (nSPS) is 29.5. The molecule has 0 radical (unpaired) electrons. The van der Waals surface area contributed by atoms with Crippen molar-refractivity contribution in [2.24, 2.45) is 29.4 Å². The SMILES string of the molecule is CC[C@@H](CNC(=O)[C@@H]1C[C@H](SC2=C(C(=O)O)N3C(=O)[C@H]([C@@H](C)NC(=O)Cn4cnnn4)[C@H]3[C@H]2C)CN1)[C@@H](N)C1CC1. The molecular formula is C26H39N9O5S. The van der Waals surface area contributed by atoms with Crippen LogP contribution < -0.4 is 21.7 Å². The molecule has 8 atom stereocenters. The number of amides is 3. The van der Waals surface area contributed by atoms with E-state index in [1.807, 2.05) is 6.92 Å². The van der Waals surface area contributed by atoms with Gasteiger partial charge in [0, 0.05) is 41.2 Å². The summed E-state index contributed by atoms with van der Waals surface area (Å²) in [5.74, 6) is -1.83. The van der Waals surface area contributed by atoms with Crippen LogP contribution in [-0.2, 0) is 25.7 Å². The van der Waals surface area contributed by atoms with Crippen LogP contribution in [0.4, 0.5) is 0 Å². The van der Waals surface area contributed by atoms with Gasteiger partial charge in [-0.15, -0.1) is 16.9 Å². The van der Waals surface area contributed by atoms with Crippen molar-refractivity contribution in [3.05, 3.63) is 16.9 Å². The Morgan fingerprint density at radius 2 is 2.07 bits per heavy atom. The topological polar surface area (TPSA) is 197 Å². The number of carbonyl (C=O) groups is 4. The summed E-state index contributed by atoms with van der Waals surface area (Å²) >= 11 is 1.44.